The van der Waals surface area contributed by atoms with Gasteiger partial charge in [0, 0.05) is 16.7 Å². The summed E-state index contributed by atoms with van der Waals surface area (Å²) in [5.41, 5.74) is 7.79. The van der Waals surface area contributed by atoms with Gasteiger partial charge in [0.15, 0.2) is 16.7 Å². The Hall–Kier alpha value is -3.82. The number of nitrogens with one attached hydrogen (secondary N) is 1. The van der Waals surface area contributed by atoms with E-state index in [4.69, 9.17) is 26.8 Å². The second kappa shape index (κ2) is 13.2. The average Bonchev–Trinajstić information content (AvgIpc) is 3.37. The van der Waals surface area contributed by atoms with Crippen molar-refractivity contribution in [2.24, 2.45) is 0 Å². The van der Waals surface area contributed by atoms with Crippen molar-refractivity contribution in [3.05, 3.63) is 57.5 Å². The Bertz CT molecular complexity index is 1430. The van der Waals surface area contributed by atoms with Crippen LogP contribution in [0.4, 0.5) is 14.3 Å². The van der Waals surface area contributed by atoms with Gasteiger partial charge in [-0.15, -0.1) is 23.1 Å². The van der Waals surface area contributed by atoms with E-state index >= 15 is 0 Å². The number of carbonyl (C=O) groups excluding carboxylic acids is 4. The maximum absolute atomic E-state index is 14.0. The van der Waals surface area contributed by atoms with Crippen molar-refractivity contribution >= 4 is 69.3 Å². The predicted octanol–water partition coefficient (Wildman–Crippen LogP) is 2.76. The molecule has 0 radical (unpaired) electrons. The molecule has 2 aliphatic heterocycles. The zero-order valence-electron chi connectivity index (χ0n) is 21.4. The number of thioether (sulfide) groups is 1. The molecule has 41 heavy (non-hydrogen) atoms. The van der Waals surface area contributed by atoms with Crippen molar-refractivity contribution in [1.29, 1.82) is 0 Å². The molecule has 2 atom stereocenters. The van der Waals surface area contributed by atoms with E-state index in [2.05, 4.69) is 15.0 Å². The van der Waals surface area contributed by atoms with E-state index in [1.807, 2.05) is 0 Å². The normalized spacial score (nSPS) is 18.4. The van der Waals surface area contributed by atoms with Crippen molar-refractivity contribution in [2.75, 3.05) is 31.3 Å². The Morgan fingerprint density at radius 1 is 1.29 bits per heavy atom. The summed E-state index contributed by atoms with van der Waals surface area (Å²) >= 11 is 8.26. The quantitative estimate of drug-likeness (QED) is 0.153. The molecule has 4 rings (SSSR count). The van der Waals surface area contributed by atoms with Crippen LogP contribution in [0.3, 0.4) is 0 Å². The van der Waals surface area contributed by atoms with Gasteiger partial charge in [-0.3, -0.25) is 14.5 Å². The van der Waals surface area contributed by atoms with Gasteiger partial charge >= 0.3 is 12.1 Å². The van der Waals surface area contributed by atoms with Gasteiger partial charge in [-0.2, -0.15) is 0 Å². The van der Waals surface area contributed by atoms with Crippen LogP contribution in [0.5, 0.6) is 5.75 Å². The molecule has 1 saturated heterocycles. The zero-order chi connectivity index (χ0) is 29.7. The van der Waals surface area contributed by atoms with Gasteiger partial charge < -0.3 is 30.4 Å². The van der Waals surface area contributed by atoms with Crippen LogP contribution in [0.15, 0.2) is 40.4 Å². The highest BCUT2D eigenvalue weighted by atomic mass is 35.5. The molecule has 2 aromatic rings. The Kier molecular flexibility index (Phi) is 9.73. The highest BCUT2D eigenvalue weighted by Crippen LogP contribution is 2.42. The average molecular weight is 627 g/mol. The molecule has 1 fully saturated rings. The number of aromatic hydroxyl groups is 1. The van der Waals surface area contributed by atoms with E-state index < -0.39 is 46.9 Å². The number of ether oxygens (including phenoxy) is 3. The van der Waals surface area contributed by atoms with Crippen LogP contribution in [-0.4, -0.2) is 75.9 Å². The topological polar surface area (TPSA) is 170 Å². The third-order valence-corrected chi connectivity index (χ3v) is 8.14. The summed E-state index contributed by atoms with van der Waals surface area (Å²) in [6.45, 7) is 1.12. The molecule has 0 spiro atoms. The summed E-state index contributed by atoms with van der Waals surface area (Å²) in [5, 5.41) is 13.3. The van der Waals surface area contributed by atoms with Gasteiger partial charge in [-0.1, -0.05) is 17.7 Å². The highest BCUT2D eigenvalue weighted by molar-refractivity contribution is 8.00. The minimum absolute atomic E-state index is 0.0125. The number of nitrogens with two attached hydrogens (primary N) is 1. The number of nitrogen functional groups attached to an aromatic ring is 1. The number of rotatable bonds is 10. The number of amides is 2. The lowest BCUT2D eigenvalue weighted by Gasteiger charge is -2.49. The van der Waals surface area contributed by atoms with E-state index in [0.717, 1.165) is 22.9 Å². The molecular weight excluding hydrogens is 603 g/mol. The highest BCUT2D eigenvalue weighted by Gasteiger charge is 2.54. The number of anilines is 1. The number of phenolic OH excluding ortho intramolecular Hbond substituents is 1. The van der Waals surface area contributed by atoms with Crippen molar-refractivity contribution in [3.8, 4) is 5.75 Å². The fraction of sp³-hybridized carbons (Fsp3) is 0.320. The summed E-state index contributed by atoms with van der Waals surface area (Å²) in [5.74, 6) is -3.21. The lowest BCUT2D eigenvalue weighted by Crippen LogP contribution is -2.70. The lowest BCUT2D eigenvalue weighted by molar-refractivity contribution is -0.153. The molecule has 0 saturated carbocycles. The number of phenols is 1. The van der Waals surface area contributed by atoms with Crippen LogP contribution in [-0.2, 0) is 35.0 Å². The molecule has 218 valence electrons. The number of esters is 1. The number of carbonyl (C=O) groups is 4. The summed E-state index contributed by atoms with van der Waals surface area (Å²) in [6.07, 6.45) is -0.847. The van der Waals surface area contributed by atoms with Crippen LogP contribution < -0.4 is 11.1 Å². The SMILES string of the molecule is CCOC(=O)OCCOC(=O)C1=C(Cc2ccc(O)c(F)c2)CS[C@H]2[C@H](NC(=O)/C(=C\Cl)c3csc(N)n3)C(=O)N12. The second-order valence-corrected chi connectivity index (χ2v) is 10.7. The number of aromatic nitrogens is 1. The first-order valence-corrected chi connectivity index (χ1v) is 14.4. The third-order valence-electron chi connectivity index (χ3n) is 5.91. The minimum Gasteiger partial charge on any atom is -0.505 e. The number of hydrogen-bond donors (Lipinski definition) is 3. The first kappa shape index (κ1) is 30.1. The molecule has 0 aliphatic carbocycles. The summed E-state index contributed by atoms with van der Waals surface area (Å²) in [4.78, 5) is 56.0. The largest absolute Gasteiger partial charge is 0.508 e. The first-order valence-electron chi connectivity index (χ1n) is 12.1. The van der Waals surface area contributed by atoms with E-state index in [-0.39, 0.29) is 54.1 Å². The maximum Gasteiger partial charge on any atom is 0.508 e. The monoisotopic (exact) mass is 626 g/mol. The lowest BCUT2D eigenvalue weighted by atomic mass is 9.98. The van der Waals surface area contributed by atoms with Crippen molar-refractivity contribution in [1.82, 2.24) is 15.2 Å². The van der Waals surface area contributed by atoms with Crippen molar-refractivity contribution in [2.45, 2.75) is 24.8 Å². The van der Waals surface area contributed by atoms with Gasteiger partial charge in [0.25, 0.3) is 11.8 Å². The Balaban J connectivity index is 1.52. The molecule has 12 nitrogen and oxygen atoms in total. The van der Waals surface area contributed by atoms with E-state index in [0.29, 0.717) is 11.1 Å². The van der Waals surface area contributed by atoms with Crippen LogP contribution in [0.25, 0.3) is 5.57 Å². The van der Waals surface area contributed by atoms with Crippen LogP contribution in [0.2, 0.25) is 0 Å². The van der Waals surface area contributed by atoms with Gasteiger partial charge in [-0.25, -0.2) is 19.0 Å². The Labute approximate surface area is 246 Å². The first-order chi connectivity index (χ1) is 19.6. The maximum atomic E-state index is 14.0. The number of nitrogens with zero attached hydrogens (tertiary/aromatic N) is 2. The predicted molar refractivity (Wildman–Crippen MR) is 148 cm³/mol. The standard InChI is InChI=1S/C25H24ClFN4O8S2/c1-2-37-25(36)39-6-5-38-23(35)19-13(7-12-3-4-17(32)15(27)8-12)10-40-22-18(21(34)31(19)22)30-20(33)14(9-26)16-11-41-24(28)29-16/h3-4,8-9,11,18,22,32H,2,5-7,10H2,1H3,(H2,28,29)(H,30,33)/b14-9-/t18-,22+/m1/s1. The van der Waals surface area contributed by atoms with E-state index in [9.17, 15) is 28.7 Å². The molecule has 2 aliphatic rings. The molecule has 4 N–H and O–H groups in total. The molecule has 0 bridgehead atoms. The molecule has 3 heterocycles. The fourth-order valence-electron chi connectivity index (χ4n) is 4.05. The zero-order valence-corrected chi connectivity index (χ0v) is 23.8. The molecule has 16 heteroatoms. The summed E-state index contributed by atoms with van der Waals surface area (Å²) in [7, 11) is 0. The van der Waals surface area contributed by atoms with Crippen LogP contribution in [0, 0.1) is 5.82 Å². The smallest absolute Gasteiger partial charge is 0.505 e. The summed E-state index contributed by atoms with van der Waals surface area (Å²) < 4.78 is 28.7. The van der Waals surface area contributed by atoms with Crippen LogP contribution >= 0.6 is 34.7 Å². The van der Waals surface area contributed by atoms with Gasteiger partial charge in [0.05, 0.1) is 17.9 Å². The number of thiazole rings is 1. The molecule has 1 aromatic carbocycles. The number of benzene rings is 1. The Morgan fingerprint density at radius 2 is 2.05 bits per heavy atom. The third kappa shape index (κ3) is 6.74. The summed E-state index contributed by atoms with van der Waals surface area (Å²) in [6, 6.07) is 2.82. The van der Waals surface area contributed by atoms with E-state index in [1.165, 1.54) is 28.8 Å². The molecule has 0 unspecified atom stereocenters. The fourth-order valence-corrected chi connectivity index (χ4v) is 6.17. The minimum atomic E-state index is -0.988. The number of halogens is 2. The Morgan fingerprint density at radius 3 is 2.71 bits per heavy atom. The number of β-lactam (4-membered cyclic amide) rings is 1. The molecule has 1 aromatic heterocycles. The van der Waals surface area contributed by atoms with Gasteiger partial charge in [-0.05, 0) is 36.6 Å². The molecular formula is C25H24ClFN4O8S2. The van der Waals surface area contributed by atoms with Gasteiger partial charge in [0.1, 0.15) is 30.3 Å². The number of hydrogen-bond acceptors (Lipinski definition) is 12. The molecule has 2 amide bonds. The van der Waals surface area contributed by atoms with Gasteiger partial charge in [0.2, 0.25) is 0 Å². The number of fused-ring (bicyclic) bond motifs is 1. The van der Waals surface area contributed by atoms with Crippen LogP contribution in [0.1, 0.15) is 18.2 Å². The van der Waals surface area contributed by atoms with Crippen molar-refractivity contribution < 1.29 is 42.9 Å². The second-order valence-electron chi connectivity index (χ2n) is 8.54. The van der Waals surface area contributed by atoms with Crippen molar-refractivity contribution in [3.63, 3.8) is 0 Å². The van der Waals surface area contributed by atoms with E-state index in [1.54, 1.807) is 12.3 Å².